The molecule has 2 N–H and O–H groups in total. The molecule has 0 heterocycles. The summed E-state index contributed by atoms with van der Waals surface area (Å²) in [4.78, 5) is 11.9. The Bertz CT molecular complexity index is 478. The molecule has 0 aliphatic heterocycles. The number of ether oxygens (including phenoxy) is 1. The molecule has 0 aromatic heterocycles. The van der Waals surface area contributed by atoms with Crippen LogP contribution in [0, 0.1) is 17.6 Å². The van der Waals surface area contributed by atoms with Gasteiger partial charge in [0.1, 0.15) is 11.4 Å². The first kappa shape index (κ1) is 16.4. The Hall–Kier alpha value is -1.69. The van der Waals surface area contributed by atoms with Gasteiger partial charge in [0.05, 0.1) is 13.2 Å². The molecule has 0 radical (unpaired) electrons. The van der Waals surface area contributed by atoms with Crippen LogP contribution in [0.25, 0.3) is 0 Å². The predicted molar refractivity (Wildman–Crippen MR) is 70.7 cm³/mol. The fourth-order valence-corrected chi connectivity index (χ4v) is 1.70. The number of methoxy groups -OCH3 is 1. The van der Waals surface area contributed by atoms with Gasteiger partial charge in [0.15, 0.2) is 11.6 Å². The van der Waals surface area contributed by atoms with E-state index < -0.39 is 35.0 Å². The molecule has 4 nitrogen and oxygen atoms in total. The lowest BCUT2D eigenvalue weighted by molar-refractivity contribution is 0.0912. The van der Waals surface area contributed by atoms with Gasteiger partial charge < -0.3 is 15.2 Å². The number of nitrogens with one attached hydrogen (secondary N) is 1. The Morgan fingerprint density at radius 2 is 1.95 bits per heavy atom. The van der Waals surface area contributed by atoms with Crippen molar-refractivity contribution in [3.8, 4) is 5.75 Å². The second-order valence-corrected chi connectivity index (χ2v) is 4.79. The van der Waals surface area contributed by atoms with Crippen molar-refractivity contribution in [3.05, 3.63) is 29.3 Å². The molecule has 1 rings (SSSR count). The number of carbonyl (C=O) groups excluding carboxylic acids is 1. The summed E-state index contributed by atoms with van der Waals surface area (Å²) in [7, 11) is 1.16. The van der Waals surface area contributed by atoms with Crippen LogP contribution < -0.4 is 10.1 Å². The molecule has 0 unspecified atom stereocenters. The number of benzene rings is 1. The molecule has 0 saturated heterocycles. The standard InChI is InChI=1S/C14H19F2NO3/c1-8(2)11(18)6-7-17-14(19)12-9(15)4-5-10(16)13(12)20-3/h4-5,8,11,18H,6-7H2,1-3H3,(H,17,19)/t11-/m1/s1. The van der Waals surface area contributed by atoms with Crippen LogP contribution in [0.5, 0.6) is 5.75 Å². The van der Waals surface area contributed by atoms with Crippen LogP contribution in [0.2, 0.25) is 0 Å². The van der Waals surface area contributed by atoms with Crippen molar-refractivity contribution >= 4 is 5.91 Å². The van der Waals surface area contributed by atoms with E-state index in [4.69, 9.17) is 4.74 Å². The van der Waals surface area contributed by atoms with E-state index >= 15 is 0 Å². The minimum absolute atomic E-state index is 0.0624. The molecule has 6 heteroatoms. The Labute approximate surface area is 116 Å². The highest BCUT2D eigenvalue weighted by atomic mass is 19.1. The fourth-order valence-electron chi connectivity index (χ4n) is 1.70. The molecule has 0 fully saturated rings. The van der Waals surface area contributed by atoms with Crippen molar-refractivity contribution < 1.29 is 23.4 Å². The van der Waals surface area contributed by atoms with Crippen molar-refractivity contribution in [1.29, 1.82) is 0 Å². The minimum Gasteiger partial charge on any atom is -0.493 e. The Balaban J connectivity index is 2.76. The molecule has 1 aromatic rings. The van der Waals surface area contributed by atoms with Crippen molar-refractivity contribution in [2.24, 2.45) is 5.92 Å². The second-order valence-electron chi connectivity index (χ2n) is 4.79. The summed E-state index contributed by atoms with van der Waals surface area (Å²) in [6.07, 6.45) is -0.225. The predicted octanol–water partition coefficient (Wildman–Crippen LogP) is 2.11. The molecular formula is C14H19F2NO3. The first-order valence-electron chi connectivity index (χ1n) is 6.36. The zero-order valence-corrected chi connectivity index (χ0v) is 11.7. The van der Waals surface area contributed by atoms with E-state index in [0.717, 1.165) is 19.2 Å². The third-order valence-corrected chi connectivity index (χ3v) is 2.99. The number of aliphatic hydroxyl groups excluding tert-OH is 1. The highest BCUT2D eigenvalue weighted by Gasteiger charge is 2.21. The number of rotatable bonds is 6. The number of halogens is 2. The maximum Gasteiger partial charge on any atom is 0.258 e. The molecule has 1 amide bonds. The minimum atomic E-state index is -0.856. The molecule has 0 saturated carbocycles. The number of carbonyl (C=O) groups is 1. The topological polar surface area (TPSA) is 58.6 Å². The van der Waals surface area contributed by atoms with Crippen LogP contribution in [-0.2, 0) is 0 Å². The van der Waals surface area contributed by atoms with Gasteiger partial charge in [-0.3, -0.25) is 4.79 Å². The van der Waals surface area contributed by atoms with Crippen LogP contribution in [-0.4, -0.2) is 30.8 Å². The summed E-state index contributed by atoms with van der Waals surface area (Å²) in [5.74, 6) is -2.79. The highest BCUT2D eigenvalue weighted by molar-refractivity contribution is 5.97. The van der Waals surface area contributed by atoms with Crippen LogP contribution in [0.15, 0.2) is 12.1 Å². The van der Waals surface area contributed by atoms with E-state index in [0.29, 0.717) is 6.42 Å². The number of hydrogen-bond donors (Lipinski definition) is 2. The van der Waals surface area contributed by atoms with E-state index in [-0.39, 0.29) is 12.5 Å². The number of hydrogen-bond acceptors (Lipinski definition) is 3. The van der Waals surface area contributed by atoms with Crippen LogP contribution in [0.1, 0.15) is 30.6 Å². The average molecular weight is 287 g/mol. The van der Waals surface area contributed by atoms with E-state index in [1.54, 1.807) is 0 Å². The lowest BCUT2D eigenvalue weighted by Gasteiger charge is -2.15. The number of amides is 1. The van der Waals surface area contributed by atoms with Crippen molar-refractivity contribution in [3.63, 3.8) is 0 Å². The monoisotopic (exact) mass is 287 g/mol. The Morgan fingerprint density at radius 3 is 2.50 bits per heavy atom. The first-order chi connectivity index (χ1) is 9.38. The molecule has 0 spiro atoms. The third-order valence-electron chi connectivity index (χ3n) is 2.99. The van der Waals surface area contributed by atoms with Crippen molar-refractivity contribution in [2.75, 3.05) is 13.7 Å². The lowest BCUT2D eigenvalue weighted by Crippen LogP contribution is -2.29. The van der Waals surface area contributed by atoms with Gasteiger partial charge in [0, 0.05) is 6.54 Å². The van der Waals surface area contributed by atoms with Gasteiger partial charge in [-0.25, -0.2) is 8.78 Å². The smallest absolute Gasteiger partial charge is 0.258 e. The van der Waals surface area contributed by atoms with E-state index in [1.165, 1.54) is 0 Å². The van der Waals surface area contributed by atoms with Gasteiger partial charge in [-0.2, -0.15) is 0 Å². The zero-order valence-electron chi connectivity index (χ0n) is 11.7. The molecule has 1 atom stereocenters. The first-order valence-corrected chi connectivity index (χ1v) is 6.36. The van der Waals surface area contributed by atoms with Gasteiger partial charge in [-0.1, -0.05) is 13.8 Å². The highest BCUT2D eigenvalue weighted by Crippen LogP contribution is 2.25. The summed E-state index contributed by atoms with van der Waals surface area (Å²) >= 11 is 0. The van der Waals surface area contributed by atoms with Crippen LogP contribution in [0.4, 0.5) is 8.78 Å². The molecule has 1 aromatic carbocycles. The Morgan fingerprint density at radius 1 is 1.35 bits per heavy atom. The van der Waals surface area contributed by atoms with Gasteiger partial charge >= 0.3 is 0 Å². The molecule has 0 aliphatic rings. The molecule has 0 bridgehead atoms. The summed E-state index contributed by atoms with van der Waals surface area (Å²) in [5, 5.41) is 12.0. The quantitative estimate of drug-likeness (QED) is 0.842. The van der Waals surface area contributed by atoms with E-state index in [9.17, 15) is 18.7 Å². The molecular weight excluding hydrogens is 268 g/mol. The fraction of sp³-hybridized carbons (Fsp3) is 0.500. The zero-order chi connectivity index (χ0) is 15.3. The summed E-state index contributed by atoms with van der Waals surface area (Å²) in [5.41, 5.74) is -0.466. The normalized spacial score (nSPS) is 12.3. The lowest BCUT2D eigenvalue weighted by atomic mass is 10.0. The van der Waals surface area contributed by atoms with E-state index in [2.05, 4.69) is 5.32 Å². The molecule has 0 aliphatic carbocycles. The molecule has 112 valence electrons. The average Bonchev–Trinajstić information content (AvgIpc) is 2.40. The van der Waals surface area contributed by atoms with Crippen molar-refractivity contribution in [1.82, 2.24) is 5.32 Å². The summed E-state index contributed by atoms with van der Waals surface area (Å²) in [6.45, 7) is 3.86. The maximum atomic E-state index is 13.6. The maximum absolute atomic E-state index is 13.6. The second kappa shape index (κ2) is 7.19. The third kappa shape index (κ3) is 3.90. The van der Waals surface area contributed by atoms with Gasteiger partial charge in [-0.05, 0) is 24.5 Å². The SMILES string of the molecule is COc1c(F)ccc(F)c1C(=O)NCC[C@@H](O)C(C)C. The van der Waals surface area contributed by atoms with Gasteiger partial charge in [-0.15, -0.1) is 0 Å². The summed E-state index contributed by atoms with van der Waals surface area (Å²) in [6, 6.07) is 1.77. The number of aliphatic hydroxyl groups is 1. The van der Waals surface area contributed by atoms with Crippen LogP contribution in [0.3, 0.4) is 0 Å². The largest absolute Gasteiger partial charge is 0.493 e. The molecule has 20 heavy (non-hydrogen) atoms. The van der Waals surface area contributed by atoms with Gasteiger partial charge in [0.2, 0.25) is 0 Å². The van der Waals surface area contributed by atoms with Crippen LogP contribution >= 0.6 is 0 Å². The summed E-state index contributed by atoms with van der Waals surface area (Å²) < 4.78 is 31.8. The van der Waals surface area contributed by atoms with E-state index in [1.807, 2.05) is 13.8 Å². The Kier molecular flexibility index (Phi) is 5.88. The van der Waals surface area contributed by atoms with Gasteiger partial charge in [0.25, 0.3) is 5.91 Å². The van der Waals surface area contributed by atoms with Crippen molar-refractivity contribution in [2.45, 2.75) is 26.4 Å².